The molecule has 0 radical (unpaired) electrons. The Morgan fingerprint density at radius 3 is 2.64 bits per heavy atom. The van der Waals surface area contributed by atoms with Gasteiger partial charge in [0, 0.05) is 12.5 Å². The number of ether oxygens (including phenoxy) is 1. The molecule has 2 saturated heterocycles. The van der Waals surface area contributed by atoms with Crippen LogP contribution in [0.5, 0.6) is 5.75 Å². The van der Waals surface area contributed by atoms with Crippen molar-refractivity contribution >= 4 is 11.8 Å². The minimum Gasteiger partial charge on any atom is -0.497 e. The molecule has 1 atom stereocenters. The Hall–Kier alpha value is -2.08. The number of nitrogens with zero attached hydrogens (tertiary/aromatic N) is 2. The predicted octanol–water partition coefficient (Wildman–Crippen LogP) is 1.56. The average molecular weight is 345 g/mol. The lowest BCUT2D eigenvalue weighted by Gasteiger charge is -2.32. The Labute approximate surface area is 148 Å². The van der Waals surface area contributed by atoms with Crippen molar-refractivity contribution in [2.24, 2.45) is 11.7 Å². The van der Waals surface area contributed by atoms with Crippen molar-refractivity contribution in [1.29, 1.82) is 0 Å². The molecule has 2 amide bonds. The van der Waals surface area contributed by atoms with Crippen LogP contribution >= 0.6 is 0 Å². The van der Waals surface area contributed by atoms with Crippen LogP contribution in [-0.2, 0) is 9.59 Å². The fraction of sp³-hybridized carbons (Fsp3) is 0.579. The maximum absolute atomic E-state index is 12.8. The normalized spacial score (nSPS) is 22.1. The third-order valence-electron chi connectivity index (χ3n) is 5.40. The van der Waals surface area contributed by atoms with Gasteiger partial charge in [-0.25, -0.2) is 0 Å². The summed E-state index contributed by atoms with van der Waals surface area (Å²) in [6.45, 7) is 2.75. The molecule has 2 fully saturated rings. The molecule has 0 bridgehead atoms. The number of rotatable bonds is 5. The molecule has 2 N–H and O–H groups in total. The molecule has 6 nitrogen and oxygen atoms in total. The SMILES string of the molecule is COc1cccc([C@H]2CCCN2C(=O)CN2CCC(C(N)=O)CC2)c1. The maximum Gasteiger partial charge on any atom is 0.237 e. The Bertz CT molecular complexity index is 626. The highest BCUT2D eigenvalue weighted by molar-refractivity contribution is 5.79. The van der Waals surface area contributed by atoms with Gasteiger partial charge in [-0.2, -0.15) is 0 Å². The summed E-state index contributed by atoms with van der Waals surface area (Å²) in [6.07, 6.45) is 3.52. The zero-order valence-corrected chi connectivity index (χ0v) is 14.8. The van der Waals surface area contributed by atoms with Gasteiger partial charge in [0.05, 0.1) is 19.7 Å². The van der Waals surface area contributed by atoms with Gasteiger partial charge < -0.3 is 15.4 Å². The van der Waals surface area contributed by atoms with Crippen LogP contribution in [0.3, 0.4) is 0 Å². The van der Waals surface area contributed by atoms with Crippen LogP contribution in [0.15, 0.2) is 24.3 Å². The minimum atomic E-state index is -0.219. The lowest BCUT2D eigenvalue weighted by molar-refractivity contribution is -0.133. The zero-order chi connectivity index (χ0) is 17.8. The number of carbonyl (C=O) groups is 2. The van der Waals surface area contributed by atoms with Gasteiger partial charge in [-0.05, 0) is 56.5 Å². The number of carbonyl (C=O) groups excluding carboxylic acids is 2. The van der Waals surface area contributed by atoms with Gasteiger partial charge >= 0.3 is 0 Å². The minimum absolute atomic E-state index is 0.0392. The highest BCUT2D eigenvalue weighted by Crippen LogP contribution is 2.33. The largest absolute Gasteiger partial charge is 0.497 e. The molecule has 3 rings (SSSR count). The van der Waals surface area contributed by atoms with Gasteiger partial charge in [0.2, 0.25) is 11.8 Å². The van der Waals surface area contributed by atoms with Crippen LogP contribution in [-0.4, -0.2) is 54.9 Å². The van der Waals surface area contributed by atoms with Crippen molar-refractivity contribution in [3.63, 3.8) is 0 Å². The van der Waals surface area contributed by atoms with E-state index in [4.69, 9.17) is 10.5 Å². The van der Waals surface area contributed by atoms with E-state index < -0.39 is 0 Å². The van der Waals surface area contributed by atoms with Crippen molar-refractivity contribution in [3.05, 3.63) is 29.8 Å². The molecule has 2 heterocycles. The molecule has 0 spiro atoms. The number of nitrogens with two attached hydrogens (primary N) is 1. The molecular formula is C19H27N3O3. The number of hydrogen-bond acceptors (Lipinski definition) is 4. The third kappa shape index (κ3) is 4.12. The van der Waals surface area contributed by atoms with Gasteiger partial charge in [-0.1, -0.05) is 12.1 Å². The number of primary amides is 1. The summed E-state index contributed by atoms with van der Waals surface area (Å²) >= 11 is 0. The number of benzene rings is 1. The summed E-state index contributed by atoms with van der Waals surface area (Å²) in [4.78, 5) is 28.2. The Morgan fingerprint density at radius 2 is 1.96 bits per heavy atom. The number of methoxy groups -OCH3 is 1. The Kier molecular flexibility index (Phi) is 5.58. The van der Waals surface area contributed by atoms with Crippen molar-refractivity contribution in [1.82, 2.24) is 9.80 Å². The van der Waals surface area contributed by atoms with Crippen LogP contribution in [0.4, 0.5) is 0 Å². The molecule has 1 aromatic rings. The molecule has 6 heteroatoms. The van der Waals surface area contributed by atoms with Crippen LogP contribution < -0.4 is 10.5 Å². The average Bonchev–Trinajstić information content (AvgIpc) is 3.12. The molecule has 2 aliphatic heterocycles. The summed E-state index contributed by atoms with van der Waals surface area (Å²) < 4.78 is 5.31. The third-order valence-corrected chi connectivity index (χ3v) is 5.40. The van der Waals surface area contributed by atoms with Crippen LogP contribution in [0.2, 0.25) is 0 Å². The van der Waals surface area contributed by atoms with Crippen molar-refractivity contribution in [2.75, 3.05) is 33.3 Å². The highest BCUT2D eigenvalue weighted by atomic mass is 16.5. The quantitative estimate of drug-likeness (QED) is 0.879. The molecule has 0 saturated carbocycles. The van der Waals surface area contributed by atoms with Crippen LogP contribution in [0, 0.1) is 5.92 Å². The van der Waals surface area contributed by atoms with E-state index in [1.165, 1.54) is 0 Å². The van der Waals surface area contributed by atoms with E-state index in [2.05, 4.69) is 11.0 Å². The van der Waals surface area contributed by atoms with E-state index in [1.54, 1.807) is 7.11 Å². The molecule has 25 heavy (non-hydrogen) atoms. The van der Waals surface area contributed by atoms with Crippen LogP contribution in [0.1, 0.15) is 37.3 Å². The van der Waals surface area contributed by atoms with E-state index in [-0.39, 0.29) is 23.8 Å². The lowest BCUT2D eigenvalue weighted by Crippen LogP contribution is -2.44. The van der Waals surface area contributed by atoms with Gasteiger partial charge in [-0.15, -0.1) is 0 Å². The van der Waals surface area contributed by atoms with Crippen LogP contribution in [0.25, 0.3) is 0 Å². The summed E-state index contributed by atoms with van der Waals surface area (Å²) in [5, 5.41) is 0. The van der Waals surface area contributed by atoms with E-state index in [0.717, 1.165) is 56.6 Å². The fourth-order valence-electron chi connectivity index (χ4n) is 3.92. The lowest BCUT2D eigenvalue weighted by atomic mass is 9.96. The first-order valence-electron chi connectivity index (χ1n) is 9.03. The number of amides is 2. The number of hydrogen-bond donors (Lipinski definition) is 1. The molecule has 0 unspecified atom stereocenters. The highest BCUT2D eigenvalue weighted by Gasteiger charge is 2.32. The molecule has 1 aromatic carbocycles. The Balaban J connectivity index is 1.60. The summed E-state index contributed by atoms with van der Waals surface area (Å²) in [7, 11) is 1.66. The fourth-order valence-corrected chi connectivity index (χ4v) is 3.92. The number of piperidine rings is 1. The monoisotopic (exact) mass is 345 g/mol. The first kappa shape index (κ1) is 17.7. The molecular weight excluding hydrogens is 318 g/mol. The predicted molar refractivity (Wildman–Crippen MR) is 95.0 cm³/mol. The zero-order valence-electron chi connectivity index (χ0n) is 14.8. The summed E-state index contributed by atoms with van der Waals surface area (Å²) in [5.74, 6) is 0.736. The van der Waals surface area contributed by atoms with E-state index in [9.17, 15) is 9.59 Å². The second kappa shape index (κ2) is 7.87. The van der Waals surface area contributed by atoms with E-state index >= 15 is 0 Å². The second-order valence-electron chi connectivity index (χ2n) is 6.97. The molecule has 2 aliphatic rings. The Morgan fingerprint density at radius 1 is 1.20 bits per heavy atom. The van der Waals surface area contributed by atoms with Crippen molar-refractivity contribution in [3.8, 4) is 5.75 Å². The van der Waals surface area contributed by atoms with Crippen molar-refractivity contribution < 1.29 is 14.3 Å². The van der Waals surface area contributed by atoms with Gasteiger partial charge in [0.25, 0.3) is 0 Å². The summed E-state index contributed by atoms with van der Waals surface area (Å²) in [5.41, 5.74) is 6.51. The van der Waals surface area contributed by atoms with E-state index in [1.807, 2.05) is 23.1 Å². The molecule has 0 aliphatic carbocycles. The van der Waals surface area contributed by atoms with Gasteiger partial charge in [-0.3, -0.25) is 14.5 Å². The van der Waals surface area contributed by atoms with Crippen molar-refractivity contribution in [2.45, 2.75) is 31.7 Å². The first-order chi connectivity index (χ1) is 12.1. The summed E-state index contributed by atoms with van der Waals surface area (Å²) in [6, 6.07) is 8.12. The maximum atomic E-state index is 12.8. The van der Waals surface area contributed by atoms with E-state index in [0.29, 0.717) is 6.54 Å². The molecule has 0 aromatic heterocycles. The van der Waals surface area contributed by atoms with Gasteiger partial charge in [0.1, 0.15) is 5.75 Å². The number of likely N-dealkylation sites (tertiary alicyclic amines) is 2. The standard InChI is InChI=1S/C19H27N3O3/c1-25-16-5-2-4-15(12-16)17-6-3-9-22(17)18(23)13-21-10-7-14(8-11-21)19(20)24/h2,4-5,12,14,17H,3,6-11,13H2,1H3,(H2,20,24)/t17-/m1/s1. The van der Waals surface area contributed by atoms with Gasteiger partial charge in [0.15, 0.2) is 0 Å². The molecule has 136 valence electrons. The first-order valence-corrected chi connectivity index (χ1v) is 9.03. The second-order valence-corrected chi connectivity index (χ2v) is 6.97. The smallest absolute Gasteiger partial charge is 0.237 e. The topological polar surface area (TPSA) is 75.9 Å².